The molecule has 1 atom stereocenters. The Kier molecular flexibility index (Phi) is 6.78. The molecule has 1 aromatic carbocycles. The summed E-state index contributed by atoms with van der Waals surface area (Å²) < 4.78 is 10.6. The molecule has 7 heteroatoms. The Hall–Kier alpha value is -1.89. The van der Waals surface area contributed by atoms with Crippen molar-refractivity contribution in [1.29, 1.82) is 0 Å². The molecule has 132 valence electrons. The second kappa shape index (κ2) is 8.82. The third-order valence-corrected chi connectivity index (χ3v) is 5.15. The van der Waals surface area contributed by atoms with Crippen molar-refractivity contribution >= 4 is 23.6 Å². The van der Waals surface area contributed by atoms with Crippen LogP contribution < -0.4 is 9.47 Å². The second-order valence-corrected chi connectivity index (χ2v) is 6.74. The van der Waals surface area contributed by atoms with Crippen molar-refractivity contribution in [2.75, 3.05) is 32.3 Å². The van der Waals surface area contributed by atoms with Crippen LogP contribution in [0.15, 0.2) is 18.2 Å². The van der Waals surface area contributed by atoms with Crippen LogP contribution in [0, 0.1) is 0 Å². The number of ether oxygens (including phenoxy) is 2. The maximum Gasteiger partial charge on any atom is 0.305 e. The fourth-order valence-electron chi connectivity index (χ4n) is 2.82. The van der Waals surface area contributed by atoms with E-state index in [-0.39, 0.29) is 18.4 Å². The molecule has 0 aromatic heterocycles. The molecule has 1 N–H and O–H groups in total. The van der Waals surface area contributed by atoms with E-state index in [1.807, 2.05) is 18.2 Å². The summed E-state index contributed by atoms with van der Waals surface area (Å²) in [7, 11) is 3.19. The molecule has 1 aromatic rings. The summed E-state index contributed by atoms with van der Waals surface area (Å²) in [6.45, 7) is 0.608. The molecule has 0 aliphatic carbocycles. The Labute approximate surface area is 146 Å². The van der Waals surface area contributed by atoms with E-state index in [1.54, 1.807) is 30.9 Å². The smallest absolute Gasteiger partial charge is 0.305 e. The standard InChI is InChI=1S/C17H23NO5S/c1-22-14-4-5-15(23-2)12(9-14)3-6-16(19)18-7-8-24-11-13(18)10-17(20)21/h4-5,9,13H,3,6-8,10-11H2,1-2H3,(H,20,21). The Morgan fingerprint density at radius 2 is 2.12 bits per heavy atom. The topological polar surface area (TPSA) is 76.1 Å². The van der Waals surface area contributed by atoms with Crippen molar-refractivity contribution in [1.82, 2.24) is 4.90 Å². The summed E-state index contributed by atoms with van der Waals surface area (Å²) in [5.74, 6) is 2.10. The average molecular weight is 353 g/mol. The van der Waals surface area contributed by atoms with E-state index in [2.05, 4.69) is 0 Å². The van der Waals surface area contributed by atoms with Crippen molar-refractivity contribution in [3.63, 3.8) is 0 Å². The molecule has 0 spiro atoms. The van der Waals surface area contributed by atoms with Gasteiger partial charge in [0.1, 0.15) is 11.5 Å². The van der Waals surface area contributed by atoms with Gasteiger partial charge in [-0.05, 0) is 30.2 Å². The highest BCUT2D eigenvalue weighted by atomic mass is 32.2. The number of thioether (sulfide) groups is 1. The molecule has 1 amide bonds. The maximum absolute atomic E-state index is 12.6. The van der Waals surface area contributed by atoms with Gasteiger partial charge in [-0.2, -0.15) is 11.8 Å². The first kappa shape index (κ1) is 18.4. The van der Waals surface area contributed by atoms with Crippen LogP contribution in [0.1, 0.15) is 18.4 Å². The minimum absolute atomic E-state index is 0.00121. The first-order chi connectivity index (χ1) is 11.5. The van der Waals surface area contributed by atoms with Crippen LogP contribution in [0.5, 0.6) is 11.5 Å². The monoisotopic (exact) mass is 353 g/mol. The molecule has 0 radical (unpaired) electrons. The van der Waals surface area contributed by atoms with Crippen LogP contribution in [0.2, 0.25) is 0 Å². The fraction of sp³-hybridized carbons (Fsp3) is 0.529. The van der Waals surface area contributed by atoms with Crippen LogP contribution in [0.3, 0.4) is 0 Å². The Bertz CT molecular complexity index is 592. The summed E-state index contributed by atoms with van der Waals surface area (Å²) in [4.78, 5) is 25.3. The number of amides is 1. The summed E-state index contributed by atoms with van der Waals surface area (Å²) in [6, 6.07) is 5.28. The average Bonchev–Trinajstić information content (AvgIpc) is 2.59. The van der Waals surface area contributed by atoms with Gasteiger partial charge in [0.15, 0.2) is 0 Å². The van der Waals surface area contributed by atoms with E-state index in [9.17, 15) is 9.59 Å². The number of methoxy groups -OCH3 is 2. The van der Waals surface area contributed by atoms with Crippen molar-refractivity contribution in [3.8, 4) is 11.5 Å². The molecule has 2 rings (SSSR count). The second-order valence-electron chi connectivity index (χ2n) is 5.59. The number of hydrogen-bond acceptors (Lipinski definition) is 5. The molecule has 0 saturated carbocycles. The van der Waals surface area contributed by atoms with Crippen LogP contribution in [-0.2, 0) is 16.0 Å². The highest BCUT2D eigenvalue weighted by Gasteiger charge is 2.28. The predicted octanol–water partition coefficient (Wildman–Crippen LogP) is 2.06. The minimum atomic E-state index is -0.866. The van der Waals surface area contributed by atoms with E-state index in [0.29, 0.717) is 25.1 Å². The van der Waals surface area contributed by atoms with Crippen molar-refractivity contribution in [2.24, 2.45) is 0 Å². The molecular formula is C17H23NO5S. The van der Waals surface area contributed by atoms with E-state index in [4.69, 9.17) is 14.6 Å². The Balaban J connectivity index is 2.02. The van der Waals surface area contributed by atoms with E-state index < -0.39 is 5.97 Å². The summed E-state index contributed by atoms with van der Waals surface area (Å²) >= 11 is 1.70. The first-order valence-electron chi connectivity index (χ1n) is 7.85. The molecule has 24 heavy (non-hydrogen) atoms. The molecule has 1 saturated heterocycles. The van der Waals surface area contributed by atoms with Crippen molar-refractivity contribution < 1.29 is 24.2 Å². The van der Waals surface area contributed by atoms with Crippen LogP contribution in [-0.4, -0.2) is 60.2 Å². The number of benzene rings is 1. The SMILES string of the molecule is COc1ccc(OC)c(CCC(=O)N2CCSCC2CC(=O)O)c1. The van der Waals surface area contributed by atoms with Gasteiger partial charge >= 0.3 is 5.97 Å². The number of carboxylic acids is 1. The summed E-state index contributed by atoms with van der Waals surface area (Å²) in [5.41, 5.74) is 0.909. The molecule has 6 nitrogen and oxygen atoms in total. The number of rotatable bonds is 7. The molecule has 0 bridgehead atoms. The molecule has 1 aliphatic heterocycles. The molecule has 1 heterocycles. The lowest BCUT2D eigenvalue weighted by atomic mass is 10.1. The minimum Gasteiger partial charge on any atom is -0.497 e. The van der Waals surface area contributed by atoms with Crippen LogP contribution in [0.25, 0.3) is 0 Å². The Morgan fingerprint density at radius 3 is 2.79 bits per heavy atom. The first-order valence-corrected chi connectivity index (χ1v) is 9.00. The molecule has 1 unspecified atom stereocenters. The molecular weight excluding hydrogens is 330 g/mol. The zero-order valence-corrected chi connectivity index (χ0v) is 14.8. The van der Waals surface area contributed by atoms with Gasteiger partial charge in [0.2, 0.25) is 5.91 Å². The summed E-state index contributed by atoms with van der Waals surface area (Å²) in [6.07, 6.45) is 0.855. The molecule has 1 fully saturated rings. The Morgan fingerprint density at radius 1 is 1.33 bits per heavy atom. The normalized spacial score (nSPS) is 17.4. The zero-order chi connectivity index (χ0) is 17.5. The van der Waals surface area contributed by atoms with Crippen LogP contribution in [0.4, 0.5) is 0 Å². The number of aryl methyl sites for hydroxylation is 1. The van der Waals surface area contributed by atoms with Crippen LogP contribution >= 0.6 is 11.8 Å². The van der Waals surface area contributed by atoms with Gasteiger partial charge in [0.05, 0.1) is 26.7 Å². The largest absolute Gasteiger partial charge is 0.497 e. The number of carbonyl (C=O) groups is 2. The van der Waals surface area contributed by atoms with Gasteiger partial charge in [-0.25, -0.2) is 0 Å². The highest BCUT2D eigenvalue weighted by Crippen LogP contribution is 2.26. The molecule has 1 aliphatic rings. The maximum atomic E-state index is 12.6. The lowest BCUT2D eigenvalue weighted by Gasteiger charge is -2.34. The van der Waals surface area contributed by atoms with Gasteiger partial charge in [0.25, 0.3) is 0 Å². The predicted molar refractivity (Wildman–Crippen MR) is 92.9 cm³/mol. The number of carboxylic acid groups (broad SMARTS) is 1. The highest BCUT2D eigenvalue weighted by molar-refractivity contribution is 7.99. The van der Waals surface area contributed by atoms with Gasteiger partial charge in [-0.3, -0.25) is 9.59 Å². The third kappa shape index (κ3) is 4.80. The fourth-order valence-corrected chi connectivity index (χ4v) is 3.88. The van der Waals surface area contributed by atoms with E-state index in [1.165, 1.54) is 0 Å². The van der Waals surface area contributed by atoms with E-state index >= 15 is 0 Å². The lowest BCUT2D eigenvalue weighted by Crippen LogP contribution is -2.47. The number of hydrogen-bond donors (Lipinski definition) is 1. The number of aliphatic carboxylic acids is 1. The number of carbonyl (C=O) groups excluding carboxylic acids is 1. The summed E-state index contributed by atoms with van der Waals surface area (Å²) in [5, 5.41) is 9.02. The van der Waals surface area contributed by atoms with Crippen molar-refractivity contribution in [2.45, 2.75) is 25.3 Å². The van der Waals surface area contributed by atoms with E-state index in [0.717, 1.165) is 22.8 Å². The van der Waals surface area contributed by atoms with Gasteiger partial charge in [-0.1, -0.05) is 0 Å². The lowest BCUT2D eigenvalue weighted by molar-refractivity contribution is -0.140. The quantitative estimate of drug-likeness (QED) is 0.809. The van der Waals surface area contributed by atoms with Gasteiger partial charge in [-0.15, -0.1) is 0 Å². The van der Waals surface area contributed by atoms with Gasteiger partial charge < -0.3 is 19.5 Å². The zero-order valence-electron chi connectivity index (χ0n) is 14.0. The van der Waals surface area contributed by atoms with Gasteiger partial charge in [0, 0.05) is 24.5 Å². The number of nitrogens with zero attached hydrogens (tertiary/aromatic N) is 1. The third-order valence-electron chi connectivity index (χ3n) is 4.05. The van der Waals surface area contributed by atoms with Crippen molar-refractivity contribution in [3.05, 3.63) is 23.8 Å².